The van der Waals surface area contributed by atoms with E-state index in [1.54, 1.807) is 29.2 Å². The van der Waals surface area contributed by atoms with Gasteiger partial charge in [-0.1, -0.05) is 35.3 Å². The van der Waals surface area contributed by atoms with Gasteiger partial charge in [0.2, 0.25) is 0 Å². The number of anilines is 2. The van der Waals surface area contributed by atoms with Crippen molar-refractivity contribution < 1.29 is 9.18 Å². The Morgan fingerprint density at radius 2 is 1.70 bits per heavy atom. The molecule has 4 nitrogen and oxygen atoms in total. The lowest BCUT2D eigenvalue weighted by Crippen LogP contribution is -2.44. The van der Waals surface area contributed by atoms with E-state index in [1.165, 1.54) is 0 Å². The van der Waals surface area contributed by atoms with Gasteiger partial charge >= 0.3 is 0 Å². The van der Waals surface area contributed by atoms with Crippen molar-refractivity contribution in [1.29, 1.82) is 0 Å². The van der Waals surface area contributed by atoms with E-state index in [0.717, 1.165) is 31.9 Å². The second-order valence-corrected chi connectivity index (χ2v) is 8.57. The van der Waals surface area contributed by atoms with Gasteiger partial charge in [-0.05, 0) is 50.2 Å². The highest BCUT2D eigenvalue weighted by Gasteiger charge is 2.30. The third-order valence-corrected chi connectivity index (χ3v) is 6.52. The lowest BCUT2D eigenvalue weighted by Gasteiger charge is -2.35. The number of benzene rings is 2. The molecule has 0 aliphatic carbocycles. The number of rotatable bonds is 3. The van der Waals surface area contributed by atoms with Gasteiger partial charge in [0.1, 0.15) is 5.83 Å². The maximum Gasteiger partial charge on any atom is 0.257 e. The van der Waals surface area contributed by atoms with Crippen LogP contribution in [0.2, 0.25) is 10.0 Å². The number of likely N-dealkylation sites (N-methyl/N-ethyl adjacent to an activating group) is 1. The van der Waals surface area contributed by atoms with Crippen molar-refractivity contribution in [3.63, 3.8) is 0 Å². The van der Waals surface area contributed by atoms with Crippen LogP contribution in [0.15, 0.2) is 48.0 Å². The summed E-state index contributed by atoms with van der Waals surface area (Å²) < 4.78 is 15.7. The Kier molecular flexibility index (Phi) is 6.32. The van der Waals surface area contributed by atoms with Gasteiger partial charge in [-0.2, -0.15) is 0 Å². The van der Waals surface area contributed by atoms with Gasteiger partial charge in [0.15, 0.2) is 0 Å². The molecule has 7 heteroatoms. The first-order chi connectivity index (χ1) is 14.5. The number of carbonyl (C=O) groups is 1. The number of nitrogens with zero attached hydrogens (tertiary/aromatic N) is 3. The number of hydrogen-bond acceptors (Lipinski definition) is 3. The first kappa shape index (κ1) is 21.2. The Morgan fingerprint density at radius 1 is 0.967 bits per heavy atom. The molecule has 2 aromatic carbocycles. The van der Waals surface area contributed by atoms with Gasteiger partial charge in [0.05, 0.1) is 15.6 Å². The van der Waals surface area contributed by atoms with Crippen LogP contribution in [0.3, 0.4) is 0 Å². The van der Waals surface area contributed by atoms with Gasteiger partial charge in [-0.3, -0.25) is 4.79 Å². The lowest BCUT2D eigenvalue weighted by molar-refractivity contribution is -0.115. The molecule has 4 rings (SSSR count). The summed E-state index contributed by atoms with van der Waals surface area (Å²) >= 11 is 12.1. The monoisotopic (exact) mass is 447 g/mol. The van der Waals surface area contributed by atoms with E-state index < -0.39 is 5.83 Å². The highest BCUT2D eigenvalue weighted by Crippen LogP contribution is 2.36. The molecular formula is C23H24Cl2FN3O. The molecule has 0 aromatic heterocycles. The van der Waals surface area contributed by atoms with Crippen LogP contribution in [0.25, 0.3) is 5.83 Å². The summed E-state index contributed by atoms with van der Waals surface area (Å²) in [6, 6.07) is 12.5. The Morgan fingerprint density at radius 3 is 2.43 bits per heavy atom. The fraction of sp³-hybridized carbons (Fsp3) is 0.348. The first-order valence-electron chi connectivity index (χ1n) is 10.1. The molecule has 0 bridgehead atoms. The van der Waals surface area contributed by atoms with Crippen molar-refractivity contribution in [1.82, 2.24) is 4.90 Å². The Bertz CT molecular complexity index is 986. The summed E-state index contributed by atoms with van der Waals surface area (Å²) in [6.07, 6.45) is 1.10. The molecule has 158 valence electrons. The van der Waals surface area contributed by atoms with Gasteiger partial charge in [-0.15, -0.1) is 0 Å². The largest absolute Gasteiger partial charge is 0.368 e. The van der Waals surface area contributed by atoms with E-state index >= 15 is 4.39 Å². The van der Waals surface area contributed by atoms with Crippen molar-refractivity contribution in [3.05, 3.63) is 63.6 Å². The molecule has 0 spiro atoms. The molecular weight excluding hydrogens is 424 g/mol. The van der Waals surface area contributed by atoms with Crippen LogP contribution in [0, 0.1) is 0 Å². The summed E-state index contributed by atoms with van der Waals surface area (Å²) in [6.45, 7) is 4.04. The fourth-order valence-corrected chi connectivity index (χ4v) is 4.33. The van der Waals surface area contributed by atoms with E-state index in [2.05, 4.69) is 16.8 Å². The van der Waals surface area contributed by atoms with Gasteiger partial charge in [0.25, 0.3) is 5.91 Å². The maximum absolute atomic E-state index is 15.7. The summed E-state index contributed by atoms with van der Waals surface area (Å²) in [7, 11) is 2.09. The minimum atomic E-state index is -0.431. The molecule has 2 aliphatic rings. The molecule has 2 aliphatic heterocycles. The molecule has 2 aromatic rings. The molecule has 2 saturated heterocycles. The zero-order chi connectivity index (χ0) is 21.3. The number of piperidine rings is 1. The molecule has 0 atom stereocenters. The van der Waals surface area contributed by atoms with Crippen molar-refractivity contribution >= 4 is 46.3 Å². The predicted octanol–water partition coefficient (Wildman–Crippen LogP) is 5.25. The number of piperazine rings is 1. The predicted molar refractivity (Wildman–Crippen MR) is 122 cm³/mol. The Hall–Kier alpha value is -2.08. The Labute approximate surface area is 186 Å². The average molecular weight is 448 g/mol. The molecule has 0 radical (unpaired) electrons. The number of carbonyl (C=O) groups excluding carboxylic acids is 1. The smallest absolute Gasteiger partial charge is 0.257 e. The summed E-state index contributed by atoms with van der Waals surface area (Å²) in [5.41, 5.74) is 2.18. The minimum absolute atomic E-state index is 0.217. The first-order valence-corrected chi connectivity index (χ1v) is 10.9. The molecule has 2 heterocycles. The zero-order valence-corrected chi connectivity index (χ0v) is 18.4. The average Bonchev–Trinajstić information content (AvgIpc) is 2.76. The number of hydrogen-bond donors (Lipinski definition) is 0. The third-order valence-electron chi connectivity index (χ3n) is 5.78. The second-order valence-electron chi connectivity index (χ2n) is 7.76. The molecule has 0 unspecified atom stereocenters. The number of amides is 1. The van der Waals surface area contributed by atoms with Crippen LogP contribution in [0.1, 0.15) is 18.4 Å². The van der Waals surface area contributed by atoms with Crippen molar-refractivity contribution in [2.75, 3.05) is 49.6 Å². The van der Waals surface area contributed by atoms with Crippen LogP contribution < -0.4 is 9.80 Å². The standard InChI is InChI=1S/C23H24Cl2FN3O/c1-27-11-13-28(14-12-27)21-7-3-2-5-17(21)22(26)18-6-4-10-29(23(18)30)16-8-9-19(24)20(25)15-16/h2-3,5,7-9,15H,4,6,10-14H2,1H3. The minimum Gasteiger partial charge on any atom is -0.368 e. The van der Waals surface area contributed by atoms with E-state index in [0.29, 0.717) is 40.7 Å². The van der Waals surface area contributed by atoms with E-state index in [9.17, 15) is 4.79 Å². The Balaban J connectivity index is 1.67. The van der Waals surface area contributed by atoms with E-state index in [1.807, 2.05) is 18.2 Å². The van der Waals surface area contributed by atoms with Crippen molar-refractivity contribution in [3.8, 4) is 0 Å². The van der Waals surface area contributed by atoms with Crippen molar-refractivity contribution in [2.45, 2.75) is 12.8 Å². The number of halogens is 3. The molecule has 30 heavy (non-hydrogen) atoms. The topological polar surface area (TPSA) is 26.8 Å². The maximum atomic E-state index is 15.7. The quantitative estimate of drug-likeness (QED) is 0.600. The van der Waals surface area contributed by atoms with Gasteiger partial charge in [0, 0.05) is 49.7 Å². The van der Waals surface area contributed by atoms with Gasteiger partial charge < -0.3 is 14.7 Å². The van der Waals surface area contributed by atoms with Crippen molar-refractivity contribution in [2.24, 2.45) is 0 Å². The SMILES string of the molecule is CN1CCN(c2ccccc2C(F)=C2CCCN(c3ccc(Cl)c(Cl)c3)C2=O)CC1. The van der Waals surface area contributed by atoms with Crippen LogP contribution >= 0.6 is 23.2 Å². The third kappa shape index (κ3) is 4.20. The van der Waals surface area contributed by atoms with Crippen LogP contribution in [0.4, 0.5) is 15.8 Å². The summed E-state index contributed by atoms with van der Waals surface area (Å²) in [4.78, 5) is 19.2. The normalized spacial score (nSPS) is 19.9. The molecule has 1 amide bonds. The van der Waals surface area contributed by atoms with E-state index in [4.69, 9.17) is 23.2 Å². The van der Waals surface area contributed by atoms with Crippen LogP contribution in [-0.4, -0.2) is 50.6 Å². The van der Waals surface area contributed by atoms with E-state index in [-0.39, 0.29) is 11.5 Å². The number of para-hydroxylation sites is 1. The van der Waals surface area contributed by atoms with Crippen LogP contribution in [0.5, 0.6) is 0 Å². The molecule has 0 N–H and O–H groups in total. The zero-order valence-electron chi connectivity index (χ0n) is 16.9. The fourth-order valence-electron chi connectivity index (χ4n) is 4.03. The lowest BCUT2D eigenvalue weighted by atomic mass is 9.98. The van der Waals surface area contributed by atoms with Crippen LogP contribution in [-0.2, 0) is 4.79 Å². The second kappa shape index (κ2) is 8.96. The van der Waals surface area contributed by atoms with Gasteiger partial charge in [-0.25, -0.2) is 4.39 Å². The molecule has 2 fully saturated rings. The molecule has 0 saturated carbocycles. The highest BCUT2D eigenvalue weighted by atomic mass is 35.5. The summed E-state index contributed by atoms with van der Waals surface area (Å²) in [5, 5.41) is 0.798. The summed E-state index contributed by atoms with van der Waals surface area (Å²) in [5.74, 6) is -0.746. The highest BCUT2D eigenvalue weighted by molar-refractivity contribution is 6.42.